The zero-order chi connectivity index (χ0) is 20.8. The second-order valence-electron chi connectivity index (χ2n) is 7.48. The molecule has 0 aliphatic carbocycles. The van der Waals surface area contributed by atoms with Crippen molar-refractivity contribution in [2.24, 2.45) is 22.7 Å². The molecular weight excluding hydrogens is 354 g/mol. The van der Waals surface area contributed by atoms with Crippen LogP contribution in [-0.2, 0) is 19.1 Å². The number of allylic oxidation sites excluding steroid dienone is 1. The van der Waals surface area contributed by atoms with Crippen LogP contribution in [0.15, 0.2) is 46.6 Å². The van der Waals surface area contributed by atoms with Gasteiger partial charge in [-0.2, -0.15) is 0 Å². The number of ether oxygens (including phenoxy) is 2. The van der Waals surface area contributed by atoms with Gasteiger partial charge in [-0.15, -0.1) is 0 Å². The summed E-state index contributed by atoms with van der Waals surface area (Å²) in [5.41, 5.74) is 2.79. The number of nitrogens with zero attached hydrogens (tertiary/aromatic N) is 1. The van der Waals surface area contributed by atoms with Gasteiger partial charge in [0.1, 0.15) is 5.92 Å². The third-order valence-corrected chi connectivity index (χ3v) is 4.82. The molecule has 1 aromatic rings. The van der Waals surface area contributed by atoms with Crippen molar-refractivity contribution in [2.45, 2.75) is 47.5 Å². The normalized spacial score (nSPS) is 19.6. The molecule has 5 heteroatoms. The minimum Gasteiger partial charge on any atom is -0.465 e. The molecule has 2 rings (SSSR count). The van der Waals surface area contributed by atoms with Gasteiger partial charge < -0.3 is 9.47 Å². The van der Waals surface area contributed by atoms with Crippen LogP contribution >= 0.6 is 0 Å². The predicted octanol–water partition coefficient (Wildman–Crippen LogP) is 4.53. The molecule has 0 fully saturated rings. The number of hydrogen-bond donors (Lipinski definition) is 0. The van der Waals surface area contributed by atoms with Gasteiger partial charge in [0.2, 0.25) is 0 Å². The summed E-state index contributed by atoms with van der Waals surface area (Å²) in [5.74, 6) is -1.84. The molecule has 0 saturated carbocycles. The Kier molecular flexibility index (Phi) is 7.55. The molecule has 0 bridgehead atoms. The van der Waals surface area contributed by atoms with Gasteiger partial charge in [-0.1, -0.05) is 58.0 Å². The highest BCUT2D eigenvalue weighted by molar-refractivity contribution is 6.08. The van der Waals surface area contributed by atoms with Crippen LogP contribution in [0.3, 0.4) is 0 Å². The highest BCUT2D eigenvalue weighted by atomic mass is 16.5. The van der Waals surface area contributed by atoms with Crippen molar-refractivity contribution in [3.05, 3.63) is 47.2 Å². The number of hydrogen-bond acceptors (Lipinski definition) is 5. The highest BCUT2D eigenvalue weighted by Gasteiger charge is 2.45. The Labute approximate surface area is 167 Å². The summed E-state index contributed by atoms with van der Waals surface area (Å²) in [5, 5.41) is 0. The van der Waals surface area contributed by atoms with Gasteiger partial charge in [-0.05, 0) is 31.2 Å². The zero-order valence-electron chi connectivity index (χ0n) is 17.7. The summed E-state index contributed by atoms with van der Waals surface area (Å²) in [6.45, 7) is 12.1. The molecule has 1 heterocycles. The summed E-state index contributed by atoms with van der Waals surface area (Å²) in [6.07, 6.45) is 0. The van der Waals surface area contributed by atoms with E-state index < -0.39 is 17.8 Å². The fraction of sp³-hybridized carbons (Fsp3) is 0.522. The van der Waals surface area contributed by atoms with Crippen LogP contribution in [-0.4, -0.2) is 30.9 Å². The van der Waals surface area contributed by atoms with Crippen LogP contribution in [0.5, 0.6) is 0 Å². The average molecular weight is 386 g/mol. The van der Waals surface area contributed by atoms with Crippen molar-refractivity contribution in [3.8, 4) is 0 Å². The van der Waals surface area contributed by atoms with Crippen LogP contribution in [0.2, 0.25) is 0 Å². The molecule has 0 saturated heterocycles. The monoisotopic (exact) mass is 385 g/mol. The van der Waals surface area contributed by atoms with Crippen LogP contribution in [0.1, 0.15) is 53.0 Å². The first-order valence-electron chi connectivity index (χ1n) is 10.0. The van der Waals surface area contributed by atoms with E-state index in [2.05, 4.69) is 0 Å². The fourth-order valence-electron chi connectivity index (χ4n) is 3.64. The van der Waals surface area contributed by atoms with Gasteiger partial charge in [0.25, 0.3) is 0 Å². The van der Waals surface area contributed by atoms with Crippen molar-refractivity contribution in [1.29, 1.82) is 0 Å². The lowest BCUT2D eigenvalue weighted by Crippen LogP contribution is -2.40. The lowest BCUT2D eigenvalue weighted by molar-refractivity contribution is -0.146. The summed E-state index contributed by atoms with van der Waals surface area (Å²) in [4.78, 5) is 30.8. The van der Waals surface area contributed by atoms with Crippen LogP contribution < -0.4 is 0 Å². The van der Waals surface area contributed by atoms with Gasteiger partial charge in [-0.25, -0.2) is 4.79 Å². The molecule has 2 atom stereocenters. The number of carbonyl (C=O) groups excluding carboxylic acids is 2. The maximum absolute atomic E-state index is 13.0. The van der Waals surface area contributed by atoms with E-state index in [4.69, 9.17) is 14.5 Å². The van der Waals surface area contributed by atoms with E-state index in [1.54, 1.807) is 13.8 Å². The summed E-state index contributed by atoms with van der Waals surface area (Å²) in [6, 6.07) is 9.63. The first-order valence-corrected chi connectivity index (χ1v) is 10.0. The number of esters is 2. The Morgan fingerprint density at radius 1 is 0.964 bits per heavy atom. The fourth-order valence-corrected chi connectivity index (χ4v) is 3.64. The topological polar surface area (TPSA) is 65.0 Å². The van der Waals surface area contributed by atoms with E-state index in [-0.39, 0.29) is 31.0 Å². The number of rotatable bonds is 7. The van der Waals surface area contributed by atoms with Crippen molar-refractivity contribution < 1.29 is 19.1 Å². The molecule has 0 amide bonds. The SMILES string of the molecule is CCOC(=O)C1=C(C(C)C)N=C(C(C)C)C(C(=O)OCC)C1c1ccccc1. The Morgan fingerprint density at radius 2 is 1.57 bits per heavy atom. The molecule has 1 aliphatic rings. The second-order valence-corrected chi connectivity index (χ2v) is 7.48. The van der Waals surface area contributed by atoms with Crippen LogP contribution in [0.25, 0.3) is 0 Å². The van der Waals surface area contributed by atoms with E-state index in [1.807, 2.05) is 58.0 Å². The molecule has 0 spiro atoms. The maximum atomic E-state index is 13.0. The lowest BCUT2D eigenvalue weighted by Gasteiger charge is -2.35. The van der Waals surface area contributed by atoms with Crippen molar-refractivity contribution in [3.63, 3.8) is 0 Å². The Bertz CT molecular complexity index is 762. The molecule has 0 N–H and O–H groups in total. The number of benzene rings is 1. The lowest BCUT2D eigenvalue weighted by atomic mass is 9.72. The van der Waals surface area contributed by atoms with Gasteiger partial charge in [-0.3, -0.25) is 9.79 Å². The number of aliphatic imine (C=N–C) groups is 1. The molecule has 1 aromatic carbocycles. The average Bonchev–Trinajstić information content (AvgIpc) is 2.67. The standard InChI is InChI=1S/C23H31NO4/c1-7-27-22(25)18-17(16-12-10-9-11-13-16)19(23(26)28-8-2)21(15(5)6)24-20(18)14(3)4/h9-15,17-18H,7-8H2,1-6H3. The van der Waals surface area contributed by atoms with E-state index in [1.165, 1.54) is 0 Å². The van der Waals surface area contributed by atoms with Gasteiger partial charge in [0, 0.05) is 11.6 Å². The zero-order valence-corrected chi connectivity index (χ0v) is 17.7. The Hall–Kier alpha value is -2.43. The first-order chi connectivity index (χ1) is 13.3. The molecule has 152 valence electrons. The Balaban J connectivity index is 2.79. The summed E-state index contributed by atoms with van der Waals surface area (Å²) in [7, 11) is 0. The Morgan fingerprint density at radius 3 is 2.07 bits per heavy atom. The molecule has 5 nitrogen and oxygen atoms in total. The molecule has 0 aromatic heterocycles. The van der Waals surface area contributed by atoms with Gasteiger partial charge in [0.05, 0.1) is 24.5 Å². The molecule has 28 heavy (non-hydrogen) atoms. The van der Waals surface area contributed by atoms with Crippen LogP contribution in [0.4, 0.5) is 0 Å². The quantitative estimate of drug-likeness (QED) is 0.647. The summed E-state index contributed by atoms with van der Waals surface area (Å²) < 4.78 is 10.8. The molecular formula is C23H31NO4. The van der Waals surface area contributed by atoms with Gasteiger partial charge >= 0.3 is 11.9 Å². The van der Waals surface area contributed by atoms with Crippen molar-refractivity contribution in [1.82, 2.24) is 0 Å². The van der Waals surface area contributed by atoms with E-state index in [0.717, 1.165) is 11.3 Å². The van der Waals surface area contributed by atoms with E-state index in [0.29, 0.717) is 11.3 Å². The van der Waals surface area contributed by atoms with Crippen molar-refractivity contribution >= 4 is 17.7 Å². The molecule has 2 unspecified atom stereocenters. The molecule has 1 aliphatic heterocycles. The van der Waals surface area contributed by atoms with Gasteiger partial charge in [0.15, 0.2) is 0 Å². The minimum absolute atomic E-state index is 0.0162. The highest BCUT2D eigenvalue weighted by Crippen LogP contribution is 2.43. The molecule has 0 radical (unpaired) electrons. The van der Waals surface area contributed by atoms with Crippen LogP contribution in [0, 0.1) is 17.8 Å². The van der Waals surface area contributed by atoms with E-state index >= 15 is 0 Å². The minimum atomic E-state index is -0.649. The number of carbonyl (C=O) groups is 2. The maximum Gasteiger partial charge on any atom is 0.336 e. The smallest absolute Gasteiger partial charge is 0.336 e. The summed E-state index contributed by atoms with van der Waals surface area (Å²) >= 11 is 0. The third kappa shape index (κ3) is 4.51. The van der Waals surface area contributed by atoms with Crippen molar-refractivity contribution in [2.75, 3.05) is 13.2 Å². The second kappa shape index (κ2) is 9.67. The third-order valence-electron chi connectivity index (χ3n) is 4.82. The first kappa shape index (κ1) is 21.9. The van der Waals surface area contributed by atoms with E-state index in [9.17, 15) is 9.59 Å². The largest absolute Gasteiger partial charge is 0.465 e. The predicted molar refractivity (Wildman–Crippen MR) is 110 cm³/mol.